The number of fused-ring (bicyclic) bond motifs is 1. The Morgan fingerprint density at radius 1 is 1.22 bits per heavy atom. The number of hydrogen-bond acceptors (Lipinski definition) is 7. The third kappa shape index (κ3) is 4.89. The van der Waals surface area contributed by atoms with Gasteiger partial charge in [-0.15, -0.1) is 11.3 Å². The summed E-state index contributed by atoms with van der Waals surface area (Å²) >= 11 is 1.57. The van der Waals surface area contributed by atoms with Gasteiger partial charge < -0.3 is 19.9 Å². The Hall–Kier alpha value is -3.20. The Balaban J connectivity index is 1.45. The van der Waals surface area contributed by atoms with Gasteiger partial charge in [0.15, 0.2) is 0 Å². The van der Waals surface area contributed by atoms with Crippen molar-refractivity contribution in [1.82, 2.24) is 15.3 Å². The molecule has 2 aliphatic rings. The molecule has 2 aliphatic carbocycles. The molecule has 3 aromatic rings. The average molecular weight is 524 g/mol. The van der Waals surface area contributed by atoms with Crippen molar-refractivity contribution in [3.8, 4) is 22.2 Å². The van der Waals surface area contributed by atoms with Crippen LogP contribution in [0.5, 0.6) is 11.5 Å². The van der Waals surface area contributed by atoms with Gasteiger partial charge in [0.05, 0.1) is 24.4 Å². The summed E-state index contributed by atoms with van der Waals surface area (Å²) in [4.78, 5) is 34.1. The standard InChI is InChI=1S/C28H33N3O5S/c1-5-18-22(35-4)9-8-19-23(13-20(29-24(18)19)26-30-21(14-37-26)15(2)3)36-17-7-6-16(12-17)25(32)31-28(10-11-28)27(33)34/h8-9,13-17H,5-7,10-12H2,1-4H3,(H,31,32)(H,33,34)/t16-,17-/m0/s1. The van der Waals surface area contributed by atoms with Crippen molar-refractivity contribution in [2.24, 2.45) is 5.92 Å². The second-order valence-corrected chi connectivity index (χ2v) is 11.2. The number of nitrogens with zero attached hydrogens (tertiary/aromatic N) is 2. The molecule has 37 heavy (non-hydrogen) atoms. The first-order valence-electron chi connectivity index (χ1n) is 12.9. The Bertz CT molecular complexity index is 1350. The fourth-order valence-electron chi connectivity index (χ4n) is 5.03. The summed E-state index contributed by atoms with van der Waals surface area (Å²) in [7, 11) is 1.66. The van der Waals surface area contributed by atoms with E-state index < -0.39 is 11.5 Å². The van der Waals surface area contributed by atoms with E-state index in [9.17, 15) is 14.7 Å². The fourth-order valence-corrected chi connectivity index (χ4v) is 5.97. The minimum Gasteiger partial charge on any atom is -0.496 e. The number of carbonyl (C=O) groups is 2. The molecule has 9 heteroatoms. The van der Waals surface area contributed by atoms with Gasteiger partial charge >= 0.3 is 5.97 Å². The van der Waals surface area contributed by atoms with Crippen molar-refractivity contribution in [3.05, 3.63) is 34.8 Å². The number of aliphatic carboxylic acids is 1. The number of aromatic nitrogens is 2. The maximum atomic E-state index is 12.8. The van der Waals surface area contributed by atoms with E-state index in [1.54, 1.807) is 18.4 Å². The van der Waals surface area contributed by atoms with Crippen LogP contribution in [0.3, 0.4) is 0 Å². The molecule has 1 aromatic carbocycles. The molecule has 1 amide bonds. The molecule has 5 rings (SSSR count). The second-order valence-electron chi connectivity index (χ2n) is 10.4. The summed E-state index contributed by atoms with van der Waals surface area (Å²) in [5.41, 5.74) is 2.57. The number of pyridine rings is 1. The van der Waals surface area contributed by atoms with Crippen LogP contribution < -0.4 is 14.8 Å². The van der Waals surface area contributed by atoms with Crippen LogP contribution >= 0.6 is 11.3 Å². The molecule has 2 heterocycles. The van der Waals surface area contributed by atoms with Crippen LogP contribution in [0, 0.1) is 5.92 Å². The maximum Gasteiger partial charge on any atom is 0.329 e. The molecule has 0 aliphatic heterocycles. The molecule has 0 saturated heterocycles. The molecule has 0 radical (unpaired) electrons. The number of hydrogen-bond donors (Lipinski definition) is 2. The van der Waals surface area contributed by atoms with E-state index in [4.69, 9.17) is 19.4 Å². The van der Waals surface area contributed by atoms with Crippen LogP contribution in [0.4, 0.5) is 0 Å². The van der Waals surface area contributed by atoms with Gasteiger partial charge in [0.25, 0.3) is 0 Å². The van der Waals surface area contributed by atoms with Crippen LogP contribution in [0.25, 0.3) is 21.6 Å². The number of carboxylic acids is 1. The third-order valence-corrected chi connectivity index (χ3v) is 8.37. The number of carbonyl (C=O) groups excluding carboxylic acids is 1. The average Bonchev–Trinajstić information content (AvgIpc) is 3.28. The van der Waals surface area contributed by atoms with Crippen molar-refractivity contribution >= 4 is 34.1 Å². The Morgan fingerprint density at radius 2 is 2.00 bits per heavy atom. The van der Waals surface area contributed by atoms with Gasteiger partial charge in [-0.25, -0.2) is 14.8 Å². The van der Waals surface area contributed by atoms with Crippen LogP contribution in [0.1, 0.15) is 70.1 Å². The lowest BCUT2D eigenvalue weighted by atomic mass is 10.0. The Labute approximate surface area is 220 Å². The van der Waals surface area contributed by atoms with Crippen LogP contribution in [-0.4, -0.2) is 45.7 Å². The Kier molecular flexibility index (Phi) is 6.83. The van der Waals surface area contributed by atoms with E-state index in [2.05, 4.69) is 31.5 Å². The molecule has 2 aromatic heterocycles. The highest BCUT2D eigenvalue weighted by atomic mass is 32.1. The number of methoxy groups -OCH3 is 1. The van der Waals surface area contributed by atoms with Crippen molar-refractivity contribution in [2.75, 3.05) is 7.11 Å². The maximum absolute atomic E-state index is 12.8. The van der Waals surface area contributed by atoms with Crippen LogP contribution in [-0.2, 0) is 16.0 Å². The summed E-state index contributed by atoms with van der Waals surface area (Å²) in [6, 6.07) is 5.87. The first-order valence-corrected chi connectivity index (χ1v) is 13.8. The number of carboxylic acid groups (broad SMARTS) is 1. The second kappa shape index (κ2) is 9.93. The lowest BCUT2D eigenvalue weighted by molar-refractivity contribution is -0.143. The van der Waals surface area contributed by atoms with E-state index in [-0.39, 0.29) is 17.9 Å². The highest BCUT2D eigenvalue weighted by Gasteiger charge is 2.52. The molecule has 0 spiro atoms. The van der Waals surface area contributed by atoms with Crippen LogP contribution in [0.2, 0.25) is 0 Å². The van der Waals surface area contributed by atoms with Gasteiger partial charge in [0.1, 0.15) is 27.7 Å². The number of nitrogens with one attached hydrogen (secondary N) is 1. The summed E-state index contributed by atoms with van der Waals surface area (Å²) in [5, 5.41) is 16.0. The zero-order valence-electron chi connectivity index (χ0n) is 21.7. The normalized spacial score (nSPS) is 20.2. The summed E-state index contributed by atoms with van der Waals surface area (Å²) in [5.74, 6) is 0.436. The van der Waals surface area contributed by atoms with E-state index >= 15 is 0 Å². The van der Waals surface area contributed by atoms with E-state index in [0.717, 1.165) is 51.5 Å². The quantitative estimate of drug-likeness (QED) is 0.390. The highest BCUT2D eigenvalue weighted by molar-refractivity contribution is 7.13. The molecular weight excluding hydrogens is 490 g/mol. The number of benzene rings is 1. The van der Waals surface area contributed by atoms with Crippen molar-refractivity contribution in [2.45, 2.75) is 76.9 Å². The molecule has 8 nitrogen and oxygen atoms in total. The minimum absolute atomic E-state index is 0.149. The van der Waals surface area contributed by atoms with Gasteiger partial charge in [-0.3, -0.25) is 4.79 Å². The van der Waals surface area contributed by atoms with E-state index in [0.29, 0.717) is 37.4 Å². The molecule has 2 saturated carbocycles. The monoisotopic (exact) mass is 523 g/mol. The van der Waals surface area contributed by atoms with Crippen molar-refractivity contribution in [3.63, 3.8) is 0 Å². The Morgan fingerprint density at radius 3 is 2.62 bits per heavy atom. The fraction of sp³-hybridized carbons (Fsp3) is 0.500. The summed E-state index contributed by atoms with van der Waals surface area (Å²) < 4.78 is 12.2. The molecule has 2 fully saturated rings. The van der Waals surface area contributed by atoms with Gasteiger partial charge in [0.2, 0.25) is 5.91 Å². The SMILES string of the molecule is CCc1c(OC)ccc2c(O[C@H]3CC[C@H](C(=O)NC4(C(=O)O)CC4)C3)cc(-c3nc(C(C)C)cs3)nc12. The largest absolute Gasteiger partial charge is 0.496 e. The zero-order chi connectivity index (χ0) is 26.3. The number of aryl methyl sites for hydroxylation is 1. The predicted octanol–water partition coefficient (Wildman–Crippen LogP) is 5.33. The molecule has 2 atom stereocenters. The van der Waals surface area contributed by atoms with E-state index in [1.807, 2.05) is 18.2 Å². The summed E-state index contributed by atoms with van der Waals surface area (Å²) in [6.07, 6.45) is 3.53. The van der Waals surface area contributed by atoms with Gasteiger partial charge in [-0.1, -0.05) is 20.8 Å². The van der Waals surface area contributed by atoms with Crippen molar-refractivity contribution in [1.29, 1.82) is 0 Å². The number of amides is 1. The lowest BCUT2D eigenvalue weighted by Gasteiger charge is -2.19. The first-order chi connectivity index (χ1) is 17.7. The molecule has 2 N–H and O–H groups in total. The lowest BCUT2D eigenvalue weighted by Crippen LogP contribution is -2.45. The van der Waals surface area contributed by atoms with E-state index in [1.165, 1.54) is 0 Å². The third-order valence-electron chi connectivity index (χ3n) is 7.48. The highest BCUT2D eigenvalue weighted by Crippen LogP contribution is 2.40. The first kappa shape index (κ1) is 25.4. The molecule has 0 bridgehead atoms. The smallest absolute Gasteiger partial charge is 0.329 e. The molecular formula is C28H33N3O5S. The van der Waals surface area contributed by atoms with Gasteiger partial charge in [-0.2, -0.15) is 0 Å². The zero-order valence-corrected chi connectivity index (χ0v) is 22.5. The number of ether oxygens (including phenoxy) is 2. The minimum atomic E-state index is -1.07. The topological polar surface area (TPSA) is 111 Å². The van der Waals surface area contributed by atoms with Crippen LogP contribution in [0.15, 0.2) is 23.6 Å². The van der Waals surface area contributed by atoms with Crippen molar-refractivity contribution < 1.29 is 24.2 Å². The summed E-state index contributed by atoms with van der Waals surface area (Å²) in [6.45, 7) is 6.32. The number of thiazole rings is 1. The predicted molar refractivity (Wildman–Crippen MR) is 142 cm³/mol. The number of rotatable bonds is 9. The van der Waals surface area contributed by atoms with Gasteiger partial charge in [0, 0.05) is 28.3 Å². The molecule has 0 unspecified atom stereocenters. The molecule has 196 valence electrons. The van der Waals surface area contributed by atoms with Gasteiger partial charge in [-0.05, 0) is 56.6 Å².